The number of halogens is 1. The zero-order chi connectivity index (χ0) is 12.5. The molecule has 1 aromatic carbocycles. The van der Waals surface area contributed by atoms with Gasteiger partial charge in [0.1, 0.15) is 4.90 Å². The van der Waals surface area contributed by atoms with E-state index in [-0.39, 0.29) is 4.90 Å². The zero-order valence-corrected chi connectivity index (χ0v) is 11.7. The molecule has 0 bridgehead atoms. The lowest BCUT2D eigenvalue weighted by atomic mass is 10.2. The number of anilines is 1. The number of hydrogen-bond donors (Lipinski definition) is 2. The molecule has 94 valence electrons. The van der Waals surface area contributed by atoms with Crippen LogP contribution in [0.15, 0.2) is 21.5 Å². The van der Waals surface area contributed by atoms with Crippen molar-refractivity contribution in [3.63, 3.8) is 0 Å². The molecule has 0 fully saturated rings. The van der Waals surface area contributed by atoms with Crippen LogP contribution in [0.4, 0.5) is 5.69 Å². The van der Waals surface area contributed by atoms with Crippen molar-refractivity contribution in [2.45, 2.75) is 18.2 Å². The number of nitrogens with one attached hydrogen (secondary N) is 2. The summed E-state index contributed by atoms with van der Waals surface area (Å²) in [5.74, 6) is 0. The van der Waals surface area contributed by atoms with E-state index in [0.717, 1.165) is 24.2 Å². The van der Waals surface area contributed by atoms with E-state index in [1.807, 2.05) is 6.07 Å². The lowest BCUT2D eigenvalue weighted by Crippen LogP contribution is -2.20. The van der Waals surface area contributed by atoms with Crippen LogP contribution in [0.1, 0.15) is 12.5 Å². The Morgan fingerprint density at radius 3 is 3.00 bits per heavy atom. The summed E-state index contributed by atoms with van der Waals surface area (Å²) in [6.45, 7) is 3.01. The van der Waals surface area contributed by atoms with Gasteiger partial charge in [0.05, 0.1) is 0 Å². The molecule has 0 spiro atoms. The molecule has 0 saturated heterocycles. The quantitative estimate of drug-likeness (QED) is 0.826. The molecule has 1 heterocycles. The van der Waals surface area contributed by atoms with Crippen LogP contribution < -0.4 is 10.8 Å². The fraction of sp³-hybridized carbons (Fsp3) is 0.400. The second kappa shape index (κ2) is 4.93. The van der Waals surface area contributed by atoms with Gasteiger partial charge in [0.2, 0.25) is 0 Å². The Morgan fingerprint density at radius 2 is 2.29 bits per heavy atom. The monoisotopic (exact) mass is 320 g/mol. The van der Waals surface area contributed by atoms with Crippen molar-refractivity contribution < 1.29 is 12.7 Å². The van der Waals surface area contributed by atoms with Crippen molar-refractivity contribution >= 4 is 31.7 Å². The van der Waals surface area contributed by atoms with Gasteiger partial charge < -0.3 is 5.32 Å². The molecule has 0 aromatic heterocycles. The van der Waals surface area contributed by atoms with Crippen molar-refractivity contribution in [2.75, 3.05) is 18.4 Å². The summed E-state index contributed by atoms with van der Waals surface area (Å²) in [5, 5.41) is 3.13. The Bertz CT molecular complexity index is 531. The second-order valence-corrected chi connectivity index (χ2v) is 6.02. The van der Waals surface area contributed by atoms with Crippen molar-refractivity contribution in [1.29, 1.82) is 0 Å². The van der Waals surface area contributed by atoms with E-state index in [0.29, 0.717) is 11.0 Å². The predicted octanol–water partition coefficient (Wildman–Crippen LogP) is 1.65. The van der Waals surface area contributed by atoms with Crippen LogP contribution in [-0.2, 0) is 20.8 Å². The normalized spacial score (nSPS) is 14.5. The maximum absolute atomic E-state index is 11.9. The van der Waals surface area contributed by atoms with E-state index in [2.05, 4.69) is 31.0 Å². The lowest BCUT2D eigenvalue weighted by Gasteiger charge is -2.09. The summed E-state index contributed by atoms with van der Waals surface area (Å²) in [4.78, 5) is 0.131. The average Bonchev–Trinajstić information content (AvgIpc) is 2.72. The van der Waals surface area contributed by atoms with Gasteiger partial charge in [-0.3, -0.25) is 0 Å². The third-order valence-electron chi connectivity index (χ3n) is 2.45. The molecule has 1 aliphatic heterocycles. The highest BCUT2D eigenvalue weighted by Crippen LogP contribution is 2.32. The summed E-state index contributed by atoms with van der Waals surface area (Å²) in [6, 6.07) is 3.41. The molecule has 5 nitrogen and oxygen atoms in total. The predicted molar refractivity (Wildman–Crippen MR) is 68.3 cm³/mol. The van der Waals surface area contributed by atoms with Crippen molar-refractivity contribution in [3.8, 4) is 0 Å². The van der Waals surface area contributed by atoms with E-state index < -0.39 is 10.1 Å². The summed E-state index contributed by atoms with van der Waals surface area (Å²) in [6.07, 6.45) is 0.905. The van der Waals surface area contributed by atoms with Crippen LogP contribution in [0.2, 0.25) is 0 Å². The molecule has 0 saturated carbocycles. The second-order valence-electron chi connectivity index (χ2n) is 3.65. The van der Waals surface area contributed by atoms with Gasteiger partial charge in [-0.25, -0.2) is 0 Å². The van der Waals surface area contributed by atoms with E-state index in [4.69, 9.17) is 0 Å². The minimum atomic E-state index is -3.77. The van der Waals surface area contributed by atoms with E-state index in [1.54, 1.807) is 13.0 Å². The van der Waals surface area contributed by atoms with Crippen LogP contribution in [0.5, 0.6) is 0 Å². The van der Waals surface area contributed by atoms with Gasteiger partial charge in [-0.2, -0.15) is 18.2 Å². The number of hydroxylamine groups is 1. The lowest BCUT2D eigenvalue weighted by molar-refractivity contribution is 0.210. The summed E-state index contributed by atoms with van der Waals surface area (Å²) < 4.78 is 28.9. The Morgan fingerprint density at radius 1 is 1.53 bits per heavy atom. The Hall–Kier alpha value is -0.630. The van der Waals surface area contributed by atoms with Crippen LogP contribution in [0.3, 0.4) is 0 Å². The Kier molecular flexibility index (Phi) is 3.72. The molecule has 0 radical (unpaired) electrons. The standard InChI is InChI=1S/C10H13BrN2O3S/c1-2-13-16-17(14,15)10-6-9-7(3-4-12-9)5-8(10)11/h5-6,12-13H,2-4H2,1H3. The van der Waals surface area contributed by atoms with E-state index >= 15 is 0 Å². The molecule has 7 heteroatoms. The largest absolute Gasteiger partial charge is 0.384 e. The first-order chi connectivity index (χ1) is 8.04. The smallest absolute Gasteiger partial charge is 0.314 e. The van der Waals surface area contributed by atoms with Gasteiger partial charge in [0, 0.05) is 23.2 Å². The fourth-order valence-corrected chi connectivity index (χ4v) is 3.58. The minimum Gasteiger partial charge on any atom is -0.384 e. The van der Waals surface area contributed by atoms with Gasteiger partial charge in [-0.1, -0.05) is 6.92 Å². The number of hydrogen-bond acceptors (Lipinski definition) is 5. The molecule has 0 unspecified atom stereocenters. The average molecular weight is 321 g/mol. The molecule has 1 aliphatic rings. The Labute approximate surface area is 109 Å². The third kappa shape index (κ3) is 2.62. The summed E-state index contributed by atoms with van der Waals surface area (Å²) >= 11 is 3.26. The first-order valence-corrected chi connectivity index (χ1v) is 7.47. The number of benzene rings is 1. The molecule has 0 amide bonds. The summed E-state index contributed by atoms with van der Waals surface area (Å²) in [5.41, 5.74) is 4.32. The van der Waals surface area contributed by atoms with Gasteiger partial charge >= 0.3 is 10.1 Å². The van der Waals surface area contributed by atoms with Gasteiger partial charge in [-0.05, 0) is 40.0 Å². The minimum absolute atomic E-state index is 0.131. The first kappa shape index (κ1) is 12.8. The number of fused-ring (bicyclic) bond motifs is 1. The van der Waals surface area contributed by atoms with Gasteiger partial charge in [0.15, 0.2) is 0 Å². The summed E-state index contributed by atoms with van der Waals surface area (Å²) in [7, 11) is -3.77. The first-order valence-electron chi connectivity index (χ1n) is 5.27. The van der Waals surface area contributed by atoms with Gasteiger partial charge in [0.25, 0.3) is 0 Å². The maximum atomic E-state index is 11.9. The highest BCUT2D eigenvalue weighted by Gasteiger charge is 2.22. The van der Waals surface area contributed by atoms with Crippen molar-refractivity contribution in [1.82, 2.24) is 5.48 Å². The van der Waals surface area contributed by atoms with Crippen LogP contribution in [0, 0.1) is 0 Å². The molecule has 1 aromatic rings. The SMILES string of the molecule is CCNOS(=O)(=O)c1cc2c(cc1Br)CCN2. The van der Waals surface area contributed by atoms with Crippen molar-refractivity contribution in [3.05, 3.63) is 22.2 Å². The maximum Gasteiger partial charge on any atom is 0.314 e. The highest BCUT2D eigenvalue weighted by molar-refractivity contribution is 9.10. The fourth-order valence-electron chi connectivity index (χ4n) is 1.67. The number of rotatable bonds is 4. The molecular weight excluding hydrogens is 308 g/mol. The van der Waals surface area contributed by atoms with Crippen LogP contribution >= 0.6 is 15.9 Å². The third-order valence-corrected chi connectivity index (χ3v) is 4.58. The molecule has 2 rings (SSSR count). The Balaban J connectivity index is 2.39. The molecule has 2 N–H and O–H groups in total. The van der Waals surface area contributed by atoms with E-state index in [9.17, 15) is 8.42 Å². The van der Waals surface area contributed by atoms with Crippen LogP contribution in [-0.4, -0.2) is 21.5 Å². The topological polar surface area (TPSA) is 67.4 Å². The highest BCUT2D eigenvalue weighted by atomic mass is 79.9. The van der Waals surface area contributed by atoms with Crippen molar-refractivity contribution in [2.24, 2.45) is 0 Å². The molecular formula is C10H13BrN2O3S. The zero-order valence-electron chi connectivity index (χ0n) is 9.29. The van der Waals surface area contributed by atoms with E-state index in [1.165, 1.54) is 0 Å². The van der Waals surface area contributed by atoms with Crippen LogP contribution in [0.25, 0.3) is 0 Å². The molecule has 17 heavy (non-hydrogen) atoms. The van der Waals surface area contributed by atoms with Gasteiger partial charge in [-0.15, -0.1) is 0 Å². The molecule has 0 atom stereocenters. The molecule has 0 aliphatic carbocycles.